The van der Waals surface area contributed by atoms with Crippen LogP contribution in [0.2, 0.25) is 5.15 Å². The van der Waals surface area contributed by atoms with Gasteiger partial charge in [0, 0.05) is 26.3 Å². The summed E-state index contributed by atoms with van der Waals surface area (Å²) in [5, 5.41) is 7.34. The van der Waals surface area contributed by atoms with Crippen LogP contribution in [0, 0.1) is 12.8 Å². The standard InChI is InChI=1S/C17H23ClN4O3S/c1-11(2)10-22-16(18)15(12(3)20-22)17(23)19-13-6-8-14(9-7-13)26(24,25)21(4)5/h6-9,11H,10H2,1-5H3,(H,19,23). The lowest BCUT2D eigenvalue weighted by atomic mass is 10.2. The Bertz CT molecular complexity index is 903. The summed E-state index contributed by atoms with van der Waals surface area (Å²) in [6, 6.07) is 5.97. The van der Waals surface area contributed by atoms with Crippen molar-refractivity contribution in [3.63, 3.8) is 0 Å². The number of aromatic nitrogens is 2. The van der Waals surface area contributed by atoms with Crippen LogP contribution in [0.1, 0.15) is 29.9 Å². The van der Waals surface area contributed by atoms with E-state index in [9.17, 15) is 13.2 Å². The number of benzene rings is 1. The summed E-state index contributed by atoms with van der Waals surface area (Å²) in [6.45, 7) is 6.42. The van der Waals surface area contributed by atoms with E-state index in [0.717, 1.165) is 4.31 Å². The van der Waals surface area contributed by atoms with Gasteiger partial charge in [-0.05, 0) is 37.1 Å². The lowest BCUT2D eigenvalue weighted by Gasteiger charge is -2.12. The lowest BCUT2D eigenvalue weighted by molar-refractivity contribution is 0.102. The van der Waals surface area contributed by atoms with Crippen LogP contribution in [0.3, 0.4) is 0 Å². The molecular weight excluding hydrogens is 376 g/mol. The monoisotopic (exact) mass is 398 g/mol. The molecule has 26 heavy (non-hydrogen) atoms. The first-order chi connectivity index (χ1) is 12.0. The number of aryl methyl sites for hydroxylation is 1. The van der Waals surface area contributed by atoms with Gasteiger partial charge in [0.1, 0.15) is 5.15 Å². The number of rotatable bonds is 6. The summed E-state index contributed by atoms with van der Waals surface area (Å²) in [5.41, 5.74) is 1.33. The van der Waals surface area contributed by atoms with Gasteiger partial charge >= 0.3 is 0 Å². The second-order valence-electron chi connectivity index (χ2n) is 6.59. The first kappa shape index (κ1) is 20.4. The number of nitrogens with one attached hydrogen (secondary N) is 1. The molecule has 0 saturated heterocycles. The minimum absolute atomic E-state index is 0.152. The van der Waals surface area contributed by atoms with Crippen LogP contribution in [0.5, 0.6) is 0 Å². The molecule has 7 nitrogen and oxygen atoms in total. The molecule has 2 aromatic rings. The van der Waals surface area contributed by atoms with Crippen molar-refractivity contribution in [3.8, 4) is 0 Å². The molecule has 0 fully saturated rings. The highest BCUT2D eigenvalue weighted by molar-refractivity contribution is 7.89. The number of hydrogen-bond donors (Lipinski definition) is 1. The Kier molecular flexibility index (Phi) is 6.10. The average Bonchev–Trinajstić information content (AvgIpc) is 2.81. The van der Waals surface area contributed by atoms with Crippen LogP contribution in [0.15, 0.2) is 29.2 Å². The molecule has 0 bridgehead atoms. The molecule has 0 aliphatic heterocycles. The summed E-state index contributed by atoms with van der Waals surface area (Å²) in [4.78, 5) is 12.7. The van der Waals surface area contributed by atoms with Crippen molar-refractivity contribution < 1.29 is 13.2 Å². The predicted molar refractivity (Wildman–Crippen MR) is 102 cm³/mol. The number of nitrogens with zero attached hydrogens (tertiary/aromatic N) is 3. The molecule has 0 unspecified atom stereocenters. The summed E-state index contributed by atoms with van der Waals surface area (Å²) in [7, 11) is -0.584. The Morgan fingerprint density at radius 3 is 2.35 bits per heavy atom. The molecule has 0 atom stereocenters. The van der Waals surface area contributed by atoms with E-state index in [-0.39, 0.29) is 10.8 Å². The first-order valence-corrected chi connectivity index (χ1v) is 9.92. The third kappa shape index (κ3) is 4.25. The molecule has 2 rings (SSSR count). The van der Waals surface area contributed by atoms with Crippen LogP contribution in [0.25, 0.3) is 0 Å². The maximum atomic E-state index is 12.6. The number of amides is 1. The van der Waals surface area contributed by atoms with Gasteiger partial charge in [-0.15, -0.1) is 0 Å². The molecule has 142 valence electrons. The molecule has 1 amide bonds. The third-order valence-corrected chi connectivity index (χ3v) is 5.93. The van der Waals surface area contributed by atoms with Gasteiger partial charge in [-0.1, -0.05) is 25.4 Å². The highest BCUT2D eigenvalue weighted by atomic mass is 35.5. The molecule has 0 aliphatic rings. The van der Waals surface area contributed by atoms with Crippen molar-refractivity contribution in [2.24, 2.45) is 5.92 Å². The zero-order valence-electron chi connectivity index (χ0n) is 15.4. The van der Waals surface area contributed by atoms with Gasteiger partial charge in [0.15, 0.2) is 0 Å². The van der Waals surface area contributed by atoms with Gasteiger partial charge in [0.25, 0.3) is 5.91 Å². The first-order valence-electron chi connectivity index (χ1n) is 8.11. The van der Waals surface area contributed by atoms with Crippen LogP contribution in [0.4, 0.5) is 5.69 Å². The smallest absolute Gasteiger partial charge is 0.260 e. The van der Waals surface area contributed by atoms with Crippen LogP contribution in [-0.2, 0) is 16.6 Å². The maximum Gasteiger partial charge on any atom is 0.260 e. The Labute approximate surface area is 159 Å². The number of anilines is 1. The Morgan fingerprint density at radius 2 is 1.85 bits per heavy atom. The number of sulfonamides is 1. The second kappa shape index (κ2) is 7.77. The Morgan fingerprint density at radius 1 is 1.27 bits per heavy atom. The molecule has 1 aromatic heterocycles. The van der Waals surface area contributed by atoms with Crippen molar-refractivity contribution in [1.29, 1.82) is 0 Å². The van der Waals surface area contributed by atoms with Crippen molar-refractivity contribution in [3.05, 3.63) is 40.7 Å². The summed E-state index contributed by atoms with van der Waals surface area (Å²) >= 11 is 6.31. The molecule has 0 saturated carbocycles. The Hall–Kier alpha value is -1.90. The second-order valence-corrected chi connectivity index (χ2v) is 9.10. The quantitative estimate of drug-likeness (QED) is 0.810. The van der Waals surface area contributed by atoms with Gasteiger partial charge in [-0.3, -0.25) is 9.48 Å². The van der Waals surface area contributed by atoms with E-state index in [0.29, 0.717) is 34.6 Å². The van der Waals surface area contributed by atoms with E-state index >= 15 is 0 Å². The third-order valence-electron chi connectivity index (χ3n) is 3.72. The average molecular weight is 399 g/mol. The number of carbonyl (C=O) groups is 1. The highest BCUT2D eigenvalue weighted by Gasteiger charge is 2.21. The molecule has 1 heterocycles. The van der Waals surface area contributed by atoms with E-state index in [4.69, 9.17) is 11.6 Å². The molecule has 1 aromatic carbocycles. The minimum atomic E-state index is -3.51. The normalized spacial score (nSPS) is 12.0. The van der Waals surface area contributed by atoms with Gasteiger partial charge in [-0.25, -0.2) is 12.7 Å². The summed E-state index contributed by atoms with van der Waals surface area (Å²) in [5.74, 6) is -0.0420. The van der Waals surface area contributed by atoms with Crippen LogP contribution in [-0.4, -0.2) is 42.5 Å². The Balaban J connectivity index is 2.22. The van der Waals surface area contributed by atoms with Crippen molar-refractivity contribution in [1.82, 2.24) is 14.1 Å². The zero-order valence-corrected chi connectivity index (χ0v) is 17.0. The van der Waals surface area contributed by atoms with E-state index < -0.39 is 10.0 Å². The zero-order chi connectivity index (χ0) is 19.6. The maximum absolute atomic E-state index is 12.6. The van der Waals surface area contributed by atoms with Crippen LogP contribution >= 0.6 is 11.6 Å². The predicted octanol–water partition coefficient (Wildman–Crippen LogP) is 3.00. The molecule has 0 spiro atoms. The fraction of sp³-hybridized carbons (Fsp3) is 0.412. The van der Waals surface area contributed by atoms with Gasteiger partial charge in [0.2, 0.25) is 10.0 Å². The molecule has 1 N–H and O–H groups in total. The fourth-order valence-electron chi connectivity index (χ4n) is 2.39. The number of halogens is 1. The van der Waals surface area contributed by atoms with Crippen LogP contribution < -0.4 is 5.32 Å². The van der Waals surface area contributed by atoms with E-state index in [1.807, 2.05) is 13.8 Å². The lowest BCUT2D eigenvalue weighted by Crippen LogP contribution is -2.22. The van der Waals surface area contributed by atoms with Gasteiger partial charge in [-0.2, -0.15) is 5.10 Å². The van der Waals surface area contributed by atoms with Crippen molar-refractivity contribution in [2.45, 2.75) is 32.2 Å². The highest BCUT2D eigenvalue weighted by Crippen LogP contribution is 2.23. The number of hydrogen-bond acceptors (Lipinski definition) is 4. The molecular formula is C17H23ClN4O3S. The summed E-state index contributed by atoms with van der Waals surface area (Å²) < 4.78 is 26.9. The summed E-state index contributed by atoms with van der Waals surface area (Å²) in [6.07, 6.45) is 0. The molecule has 9 heteroatoms. The fourth-order valence-corrected chi connectivity index (χ4v) is 3.62. The topological polar surface area (TPSA) is 84.3 Å². The van der Waals surface area contributed by atoms with Crippen molar-refractivity contribution >= 4 is 33.2 Å². The molecule has 0 aliphatic carbocycles. The minimum Gasteiger partial charge on any atom is -0.322 e. The molecule has 0 radical (unpaired) electrons. The van der Waals surface area contributed by atoms with E-state index in [1.54, 1.807) is 11.6 Å². The SMILES string of the molecule is Cc1nn(CC(C)C)c(Cl)c1C(=O)Nc1ccc(S(=O)(=O)N(C)C)cc1. The number of carbonyl (C=O) groups excluding carboxylic acids is 1. The van der Waals surface area contributed by atoms with E-state index in [2.05, 4.69) is 10.4 Å². The van der Waals surface area contributed by atoms with E-state index in [1.165, 1.54) is 38.4 Å². The van der Waals surface area contributed by atoms with Crippen molar-refractivity contribution in [2.75, 3.05) is 19.4 Å². The largest absolute Gasteiger partial charge is 0.322 e. The van der Waals surface area contributed by atoms with Gasteiger partial charge < -0.3 is 5.32 Å². The van der Waals surface area contributed by atoms with Gasteiger partial charge in [0.05, 0.1) is 16.2 Å².